The van der Waals surface area contributed by atoms with Crippen LogP contribution < -0.4 is 10.1 Å². The minimum absolute atomic E-state index is 0.376. The van der Waals surface area contributed by atoms with Crippen molar-refractivity contribution in [2.45, 2.75) is 20.0 Å². The van der Waals surface area contributed by atoms with Crippen LogP contribution in [-0.2, 0) is 6.61 Å². The Morgan fingerprint density at radius 2 is 1.95 bits per heavy atom. The maximum Gasteiger partial charge on any atom is 0.148 e. The van der Waals surface area contributed by atoms with Gasteiger partial charge in [0.2, 0.25) is 0 Å². The fourth-order valence-electron chi connectivity index (χ4n) is 1.48. The van der Waals surface area contributed by atoms with Crippen molar-refractivity contribution in [3.8, 4) is 5.75 Å². The summed E-state index contributed by atoms with van der Waals surface area (Å²) < 4.78 is 12.5. The zero-order valence-electron chi connectivity index (χ0n) is 10.6. The van der Waals surface area contributed by atoms with Crippen LogP contribution in [0, 0.1) is 0 Å². The molecule has 1 N–H and O–H groups in total. The zero-order valence-corrected chi connectivity index (χ0v) is 16.2. The number of nitrogens with one attached hydrogen (secondary N) is 1. The molecule has 0 aliphatic heterocycles. The molecule has 1 aromatic carbocycles. The van der Waals surface area contributed by atoms with Gasteiger partial charge in [0.25, 0.3) is 0 Å². The van der Waals surface area contributed by atoms with Gasteiger partial charge in [0.15, 0.2) is 0 Å². The molecule has 4 nitrogen and oxygen atoms in total. The van der Waals surface area contributed by atoms with Crippen molar-refractivity contribution < 1.29 is 4.74 Å². The highest BCUT2D eigenvalue weighted by Crippen LogP contribution is 2.37. The van der Waals surface area contributed by atoms with Crippen LogP contribution in [-0.4, -0.2) is 16.1 Å². The summed E-state index contributed by atoms with van der Waals surface area (Å²) in [5.41, 5.74) is 0.824. The predicted octanol–water partition coefficient (Wildman–Crippen LogP) is 5.23. The molecule has 2 aromatic rings. The molecular formula is C12H12Br3N3OS. The Balaban J connectivity index is 2.07. The van der Waals surface area contributed by atoms with Gasteiger partial charge in [-0.3, -0.25) is 0 Å². The number of hydrogen-bond acceptors (Lipinski definition) is 5. The maximum absolute atomic E-state index is 5.84. The third kappa shape index (κ3) is 4.16. The number of aromatic nitrogens is 2. The number of rotatable bonds is 6. The smallest absolute Gasteiger partial charge is 0.148 e. The third-order valence-electron chi connectivity index (χ3n) is 2.41. The Bertz CT molecular complexity index is 568. The summed E-state index contributed by atoms with van der Waals surface area (Å²) in [4.78, 5) is 0. The highest BCUT2D eigenvalue weighted by atomic mass is 79.9. The molecule has 2 rings (SSSR count). The standard InChI is InChI=1S/C12H12Br3N3OS/c1-2-3-16-12-10(17-18-20-12)6-19-11-8(14)4-7(13)5-9(11)15/h4-5,16H,2-3,6H2,1H3. The number of benzene rings is 1. The van der Waals surface area contributed by atoms with Gasteiger partial charge in [-0.25, -0.2) is 0 Å². The van der Waals surface area contributed by atoms with Gasteiger partial charge >= 0.3 is 0 Å². The first kappa shape index (κ1) is 16.2. The van der Waals surface area contributed by atoms with E-state index < -0.39 is 0 Å². The van der Waals surface area contributed by atoms with Crippen LogP contribution in [0.5, 0.6) is 5.75 Å². The summed E-state index contributed by atoms with van der Waals surface area (Å²) in [6.07, 6.45) is 1.06. The van der Waals surface area contributed by atoms with Crippen LogP contribution >= 0.6 is 59.3 Å². The van der Waals surface area contributed by atoms with E-state index in [1.807, 2.05) is 12.1 Å². The molecule has 0 radical (unpaired) electrons. The molecule has 1 heterocycles. The lowest BCUT2D eigenvalue weighted by Crippen LogP contribution is -2.04. The second kappa shape index (κ2) is 7.72. The molecule has 0 unspecified atom stereocenters. The molecule has 8 heteroatoms. The van der Waals surface area contributed by atoms with Crippen molar-refractivity contribution in [1.29, 1.82) is 0 Å². The van der Waals surface area contributed by atoms with E-state index in [1.165, 1.54) is 11.5 Å². The second-order valence-corrected chi connectivity index (χ2v) is 7.34. The SMILES string of the molecule is CCCNc1snnc1COc1c(Br)cc(Br)cc1Br. The topological polar surface area (TPSA) is 47.0 Å². The van der Waals surface area contributed by atoms with Crippen LogP contribution in [0.2, 0.25) is 0 Å². The van der Waals surface area contributed by atoms with E-state index in [-0.39, 0.29) is 0 Å². The van der Waals surface area contributed by atoms with Crippen molar-refractivity contribution in [3.05, 3.63) is 31.2 Å². The molecule has 0 atom stereocenters. The number of hydrogen-bond donors (Lipinski definition) is 1. The molecule has 0 saturated carbocycles. The highest BCUT2D eigenvalue weighted by Gasteiger charge is 2.12. The summed E-state index contributed by atoms with van der Waals surface area (Å²) in [5.74, 6) is 0.752. The monoisotopic (exact) mass is 483 g/mol. The zero-order chi connectivity index (χ0) is 14.5. The van der Waals surface area contributed by atoms with Gasteiger partial charge in [0.1, 0.15) is 23.1 Å². The van der Waals surface area contributed by atoms with Crippen molar-refractivity contribution in [2.75, 3.05) is 11.9 Å². The third-order valence-corrected chi connectivity index (χ3v) is 4.77. The van der Waals surface area contributed by atoms with Gasteiger partial charge < -0.3 is 10.1 Å². The normalized spacial score (nSPS) is 10.6. The van der Waals surface area contributed by atoms with E-state index in [0.717, 1.165) is 42.8 Å². The minimum Gasteiger partial charge on any atom is -0.485 e. The molecule has 0 aliphatic carbocycles. The fraction of sp³-hybridized carbons (Fsp3) is 0.333. The fourth-order valence-corrected chi connectivity index (χ4v) is 4.56. The first-order chi connectivity index (χ1) is 9.61. The average molecular weight is 486 g/mol. The van der Waals surface area contributed by atoms with Crippen molar-refractivity contribution in [3.63, 3.8) is 0 Å². The number of halogens is 3. The van der Waals surface area contributed by atoms with Gasteiger partial charge in [0, 0.05) is 22.5 Å². The van der Waals surface area contributed by atoms with E-state index in [1.54, 1.807) is 0 Å². The number of anilines is 1. The van der Waals surface area contributed by atoms with Gasteiger partial charge in [-0.1, -0.05) is 27.3 Å². The summed E-state index contributed by atoms with van der Waals surface area (Å²) in [6, 6.07) is 3.88. The van der Waals surface area contributed by atoms with Gasteiger partial charge in [-0.15, -0.1) is 5.10 Å². The predicted molar refractivity (Wildman–Crippen MR) is 92.6 cm³/mol. The summed E-state index contributed by atoms with van der Waals surface area (Å²) >= 11 is 11.8. The quantitative estimate of drug-likeness (QED) is 0.609. The Hall–Kier alpha value is -0.180. The van der Waals surface area contributed by atoms with Crippen LogP contribution in [0.15, 0.2) is 25.6 Å². The largest absolute Gasteiger partial charge is 0.485 e. The molecule has 0 spiro atoms. The van der Waals surface area contributed by atoms with E-state index in [0.29, 0.717) is 6.61 Å². The van der Waals surface area contributed by atoms with E-state index in [2.05, 4.69) is 69.6 Å². The summed E-state index contributed by atoms with van der Waals surface area (Å²) in [7, 11) is 0. The molecule has 0 saturated heterocycles. The average Bonchev–Trinajstić information content (AvgIpc) is 2.82. The first-order valence-corrected chi connectivity index (χ1v) is 9.09. The van der Waals surface area contributed by atoms with Crippen molar-refractivity contribution in [2.24, 2.45) is 0 Å². The highest BCUT2D eigenvalue weighted by molar-refractivity contribution is 9.11. The van der Waals surface area contributed by atoms with E-state index in [9.17, 15) is 0 Å². The maximum atomic E-state index is 5.84. The molecule has 0 bridgehead atoms. The molecule has 20 heavy (non-hydrogen) atoms. The Kier molecular flexibility index (Phi) is 6.25. The van der Waals surface area contributed by atoms with Gasteiger partial charge in [0.05, 0.1) is 8.95 Å². The van der Waals surface area contributed by atoms with Crippen molar-refractivity contribution in [1.82, 2.24) is 9.59 Å². The molecule has 0 aliphatic rings. The molecular weight excluding hydrogens is 474 g/mol. The summed E-state index contributed by atoms with van der Waals surface area (Å²) in [5, 5.41) is 8.37. The second-order valence-electron chi connectivity index (χ2n) is 3.96. The molecule has 0 amide bonds. The van der Waals surface area contributed by atoms with Crippen LogP contribution in [0.25, 0.3) is 0 Å². The van der Waals surface area contributed by atoms with E-state index in [4.69, 9.17) is 4.74 Å². The Labute approximate surface area is 146 Å². The molecule has 1 aromatic heterocycles. The minimum atomic E-state index is 0.376. The lowest BCUT2D eigenvalue weighted by atomic mass is 10.3. The van der Waals surface area contributed by atoms with Crippen LogP contribution in [0.1, 0.15) is 19.0 Å². The number of nitrogens with zero attached hydrogens (tertiary/aromatic N) is 2. The van der Waals surface area contributed by atoms with Crippen molar-refractivity contribution >= 4 is 64.3 Å². The summed E-state index contributed by atoms with van der Waals surface area (Å²) in [6.45, 7) is 3.40. The Morgan fingerprint density at radius 3 is 2.60 bits per heavy atom. The van der Waals surface area contributed by atoms with Crippen LogP contribution in [0.3, 0.4) is 0 Å². The van der Waals surface area contributed by atoms with Gasteiger partial charge in [-0.2, -0.15) is 0 Å². The Morgan fingerprint density at radius 1 is 1.25 bits per heavy atom. The number of ether oxygens (including phenoxy) is 1. The lowest BCUT2D eigenvalue weighted by Gasteiger charge is -2.10. The molecule has 108 valence electrons. The van der Waals surface area contributed by atoms with E-state index >= 15 is 0 Å². The molecule has 0 fully saturated rings. The van der Waals surface area contributed by atoms with Gasteiger partial charge in [-0.05, 0) is 50.4 Å². The van der Waals surface area contributed by atoms with Crippen LogP contribution in [0.4, 0.5) is 5.00 Å². The first-order valence-electron chi connectivity index (χ1n) is 5.94. The lowest BCUT2D eigenvalue weighted by molar-refractivity contribution is 0.298.